The molecule has 0 radical (unpaired) electrons. The van der Waals surface area contributed by atoms with Crippen molar-refractivity contribution in [3.63, 3.8) is 0 Å². The zero-order valence-electron chi connectivity index (χ0n) is 14.0. The van der Waals surface area contributed by atoms with E-state index in [4.69, 9.17) is 11.6 Å². The third-order valence-electron chi connectivity index (χ3n) is 3.72. The fraction of sp³-hybridized carbons (Fsp3) is 0.278. The minimum absolute atomic E-state index is 0.119. The number of ketones is 1. The van der Waals surface area contributed by atoms with Gasteiger partial charge in [0.1, 0.15) is 16.7 Å². The van der Waals surface area contributed by atoms with E-state index >= 15 is 0 Å². The summed E-state index contributed by atoms with van der Waals surface area (Å²) in [6.45, 7) is 7.32. The molecule has 0 spiro atoms. The summed E-state index contributed by atoms with van der Waals surface area (Å²) in [6, 6.07) is 8.62. The molecule has 0 aliphatic rings. The highest BCUT2D eigenvalue weighted by Gasteiger charge is 2.27. The predicted molar refractivity (Wildman–Crippen MR) is 94.1 cm³/mol. The molecule has 124 valence electrons. The number of rotatable bonds is 2. The molecule has 0 fully saturated rings. The number of hydrogen-bond acceptors (Lipinski definition) is 4. The Morgan fingerprint density at radius 2 is 1.79 bits per heavy atom. The lowest BCUT2D eigenvalue weighted by Crippen LogP contribution is -2.21. The van der Waals surface area contributed by atoms with E-state index in [0.717, 1.165) is 5.56 Å². The van der Waals surface area contributed by atoms with Gasteiger partial charge in [-0.1, -0.05) is 32.4 Å². The highest BCUT2D eigenvalue weighted by atomic mass is 35.5. The standard InChI is InChI=1S/C18H18ClN3O2/c1-10-7-12(17(24)18(2,3)4)16(23)15(8-10)22-20-13-6-5-11(19)9-14(13)21-22/h5-9,23H,1-4H3. The van der Waals surface area contributed by atoms with E-state index in [1.165, 1.54) is 4.80 Å². The van der Waals surface area contributed by atoms with Crippen LogP contribution in [0.4, 0.5) is 0 Å². The maximum Gasteiger partial charge on any atom is 0.171 e. The first-order chi connectivity index (χ1) is 11.2. The Morgan fingerprint density at radius 1 is 1.12 bits per heavy atom. The number of carbonyl (C=O) groups is 1. The van der Waals surface area contributed by atoms with Crippen LogP contribution in [0.25, 0.3) is 16.7 Å². The number of phenols is 1. The first kappa shape index (κ1) is 16.5. The van der Waals surface area contributed by atoms with Gasteiger partial charge in [-0.2, -0.15) is 0 Å². The minimum Gasteiger partial charge on any atom is -0.505 e. The summed E-state index contributed by atoms with van der Waals surface area (Å²) in [5.41, 5.74) is 2.16. The van der Waals surface area contributed by atoms with E-state index in [-0.39, 0.29) is 17.1 Å². The van der Waals surface area contributed by atoms with Crippen molar-refractivity contribution in [1.29, 1.82) is 0 Å². The van der Waals surface area contributed by atoms with Crippen molar-refractivity contribution in [2.24, 2.45) is 5.41 Å². The van der Waals surface area contributed by atoms with Crippen molar-refractivity contribution in [1.82, 2.24) is 15.0 Å². The third-order valence-corrected chi connectivity index (χ3v) is 3.95. The fourth-order valence-corrected chi connectivity index (χ4v) is 2.65. The van der Waals surface area contributed by atoms with E-state index in [2.05, 4.69) is 10.2 Å². The second-order valence-electron chi connectivity index (χ2n) is 6.88. The Labute approximate surface area is 144 Å². The van der Waals surface area contributed by atoms with Crippen LogP contribution >= 0.6 is 11.6 Å². The summed E-state index contributed by atoms with van der Waals surface area (Å²) in [5.74, 6) is -0.253. The van der Waals surface area contributed by atoms with Gasteiger partial charge in [-0.05, 0) is 42.8 Å². The van der Waals surface area contributed by atoms with Crippen molar-refractivity contribution in [2.45, 2.75) is 27.7 Å². The van der Waals surface area contributed by atoms with Crippen LogP contribution in [0.3, 0.4) is 0 Å². The van der Waals surface area contributed by atoms with Gasteiger partial charge in [-0.3, -0.25) is 4.79 Å². The number of Topliss-reactive ketones (excluding diaryl/α,β-unsaturated/α-hetero) is 1. The highest BCUT2D eigenvalue weighted by Crippen LogP contribution is 2.32. The summed E-state index contributed by atoms with van der Waals surface area (Å²) in [4.78, 5) is 13.9. The van der Waals surface area contributed by atoms with Gasteiger partial charge in [0, 0.05) is 10.4 Å². The first-order valence-electron chi connectivity index (χ1n) is 7.58. The Hall–Kier alpha value is -2.40. The van der Waals surface area contributed by atoms with Gasteiger partial charge in [0.25, 0.3) is 0 Å². The van der Waals surface area contributed by atoms with Crippen LogP contribution in [0.5, 0.6) is 5.75 Å². The first-order valence-corrected chi connectivity index (χ1v) is 7.96. The van der Waals surface area contributed by atoms with Crippen molar-refractivity contribution in [3.8, 4) is 11.4 Å². The number of aromatic nitrogens is 3. The van der Waals surface area contributed by atoms with E-state index in [1.807, 2.05) is 27.7 Å². The molecule has 0 aliphatic carbocycles. The normalized spacial score (nSPS) is 11.9. The number of nitrogens with zero attached hydrogens (tertiary/aromatic N) is 3. The maximum atomic E-state index is 12.6. The molecule has 0 amide bonds. The molecule has 0 aliphatic heterocycles. The van der Waals surface area contributed by atoms with Gasteiger partial charge in [0.15, 0.2) is 11.5 Å². The highest BCUT2D eigenvalue weighted by molar-refractivity contribution is 6.31. The lowest BCUT2D eigenvalue weighted by molar-refractivity contribution is 0.0855. The molecule has 0 unspecified atom stereocenters. The van der Waals surface area contributed by atoms with Crippen LogP contribution in [0.2, 0.25) is 5.02 Å². The molecule has 1 N–H and O–H groups in total. The largest absolute Gasteiger partial charge is 0.505 e. The zero-order valence-corrected chi connectivity index (χ0v) is 14.7. The molecule has 24 heavy (non-hydrogen) atoms. The summed E-state index contributed by atoms with van der Waals surface area (Å²) in [6.07, 6.45) is 0. The quantitative estimate of drug-likeness (QED) is 0.704. The average molecular weight is 344 g/mol. The van der Waals surface area contributed by atoms with Gasteiger partial charge in [-0.25, -0.2) is 0 Å². The number of hydrogen-bond donors (Lipinski definition) is 1. The second kappa shape index (κ2) is 5.60. The van der Waals surface area contributed by atoms with Crippen LogP contribution in [-0.2, 0) is 0 Å². The Bertz CT molecular complexity index is 955. The molecule has 2 aromatic carbocycles. The molecular formula is C18H18ClN3O2. The zero-order chi connectivity index (χ0) is 17.6. The van der Waals surface area contributed by atoms with Gasteiger partial charge < -0.3 is 5.11 Å². The van der Waals surface area contributed by atoms with Gasteiger partial charge >= 0.3 is 0 Å². The molecule has 6 heteroatoms. The van der Waals surface area contributed by atoms with Crippen LogP contribution in [0.1, 0.15) is 36.7 Å². The summed E-state index contributed by atoms with van der Waals surface area (Å²) in [7, 11) is 0. The Morgan fingerprint density at radius 3 is 2.46 bits per heavy atom. The summed E-state index contributed by atoms with van der Waals surface area (Å²) in [5, 5.41) is 19.9. The summed E-state index contributed by atoms with van der Waals surface area (Å²) >= 11 is 5.98. The molecule has 0 atom stereocenters. The molecule has 0 bridgehead atoms. The number of phenolic OH excluding ortho intramolecular Hbond substituents is 1. The van der Waals surface area contributed by atoms with E-state index < -0.39 is 5.41 Å². The van der Waals surface area contributed by atoms with Crippen molar-refractivity contribution < 1.29 is 9.90 Å². The lowest BCUT2D eigenvalue weighted by atomic mass is 9.85. The van der Waals surface area contributed by atoms with Gasteiger partial charge in [0.2, 0.25) is 0 Å². The van der Waals surface area contributed by atoms with E-state index in [0.29, 0.717) is 21.7 Å². The summed E-state index contributed by atoms with van der Waals surface area (Å²) < 4.78 is 0. The predicted octanol–water partition coefficient (Wildman–Crippen LogP) is 4.32. The monoisotopic (exact) mass is 343 g/mol. The Balaban J connectivity index is 2.20. The van der Waals surface area contributed by atoms with Gasteiger partial charge in [-0.15, -0.1) is 15.0 Å². The lowest BCUT2D eigenvalue weighted by Gasteiger charge is -2.19. The number of benzene rings is 2. The molecule has 1 heterocycles. The molecule has 0 saturated carbocycles. The molecule has 5 nitrogen and oxygen atoms in total. The number of aryl methyl sites for hydroxylation is 1. The second-order valence-corrected chi connectivity index (χ2v) is 7.32. The smallest absolute Gasteiger partial charge is 0.171 e. The third kappa shape index (κ3) is 2.87. The minimum atomic E-state index is -0.599. The van der Waals surface area contributed by atoms with Crippen molar-refractivity contribution in [2.75, 3.05) is 0 Å². The number of aromatic hydroxyl groups is 1. The van der Waals surface area contributed by atoms with Crippen LogP contribution in [0, 0.1) is 12.3 Å². The Kier molecular flexibility index (Phi) is 3.84. The van der Waals surface area contributed by atoms with Crippen LogP contribution in [0.15, 0.2) is 30.3 Å². The number of halogens is 1. The van der Waals surface area contributed by atoms with Gasteiger partial charge in [0.05, 0.1) is 5.56 Å². The number of fused-ring (bicyclic) bond motifs is 1. The van der Waals surface area contributed by atoms with Crippen molar-refractivity contribution in [3.05, 3.63) is 46.5 Å². The number of carbonyl (C=O) groups excluding carboxylic acids is 1. The molecule has 3 aromatic rings. The van der Waals surface area contributed by atoms with Crippen LogP contribution < -0.4 is 0 Å². The fourth-order valence-electron chi connectivity index (χ4n) is 2.48. The van der Waals surface area contributed by atoms with E-state index in [1.54, 1.807) is 30.3 Å². The van der Waals surface area contributed by atoms with E-state index in [9.17, 15) is 9.90 Å². The van der Waals surface area contributed by atoms with Crippen molar-refractivity contribution >= 4 is 28.4 Å². The maximum absolute atomic E-state index is 12.6. The molecule has 0 saturated heterocycles. The average Bonchev–Trinajstić information content (AvgIpc) is 2.90. The SMILES string of the molecule is Cc1cc(C(=O)C(C)(C)C)c(O)c(-n2nc3ccc(Cl)cc3n2)c1. The van der Waals surface area contributed by atoms with Crippen LogP contribution in [-0.4, -0.2) is 25.9 Å². The topological polar surface area (TPSA) is 68.0 Å². The molecule has 3 rings (SSSR count). The molecular weight excluding hydrogens is 326 g/mol. The molecule has 1 aromatic heterocycles.